The monoisotopic (exact) mass is 410 g/mol. The quantitative estimate of drug-likeness (QED) is 0.442. The minimum absolute atomic E-state index is 0.192. The molecule has 0 saturated carbocycles. The Morgan fingerprint density at radius 2 is 1.77 bits per heavy atom. The molecule has 0 saturated heterocycles. The highest BCUT2D eigenvalue weighted by molar-refractivity contribution is 5.95. The molecule has 0 atom stereocenters. The second-order valence-electron chi connectivity index (χ2n) is 6.29. The number of H-pyrrole nitrogens is 1. The first-order valence-electron chi connectivity index (χ1n) is 8.87. The van der Waals surface area contributed by atoms with Crippen LogP contribution in [0.4, 0.5) is 21.8 Å². The van der Waals surface area contributed by atoms with E-state index in [1.807, 2.05) is 0 Å². The Bertz CT molecular complexity index is 1200. The first-order chi connectivity index (χ1) is 14.5. The van der Waals surface area contributed by atoms with E-state index in [2.05, 4.69) is 25.5 Å². The Hall–Kier alpha value is -4.08. The van der Waals surface area contributed by atoms with Crippen molar-refractivity contribution in [3.63, 3.8) is 0 Å². The van der Waals surface area contributed by atoms with Crippen LogP contribution in [0.3, 0.4) is 0 Å². The molecule has 0 fully saturated rings. The van der Waals surface area contributed by atoms with E-state index in [0.29, 0.717) is 45.1 Å². The van der Waals surface area contributed by atoms with E-state index in [1.54, 1.807) is 18.2 Å². The number of nitrogens with zero attached hydrogens (tertiary/aromatic N) is 3. The maximum absolute atomic E-state index is 13.7. The number of fused-ring (bicyclic) bond motifs is 1. The van der Waals surface area contributed by atoms with Crippen LogP contribution in [0.1, 0.15) is 0 Å². The summed E-state index contributed by atoms with van der Waals surface area (Å²) < 4.78 is 29.7. The van der Waals surface area contributed by atoms with Crippen LogP contribution >= 0.6 is 0 Å². The maximum atomic E-state index is 13.7. The molecule has 0 radical (unpaired) electrons. The average Bonchev–Trinajstić information content (AvgIpc) is 3.15. The molecule has 4 N–H and O–H groups in total. The van der Waals surface area contributed by atoms with Gasteiger partial charge in [-0.1, -0.05) is 0 Å². The standard InChI is InChI=1S/C20H19FN6O3/c1-28-15-7-11(8-16(29-2)18(15)30-3)24-20-23-9-13(19(22)25-20)17-12-6-10(21)4-5-14(12)26-27-17/h4-9H,1-3H3,(H,26,27)(H3,22,23,24,25). The minimum atomic E-state index is -0.370. The molecule has 30 heavy (non-hydrogen) atoms. The van der Waals surface area contributed by atoms with Gasteiger partial charge in [-0.05, 0) is 18.2 Å². The van der Waals surface area contributed by atoms with Gasteiger partial charge in [-0.25, -0.2) is 9.37 Å². The first-order valence-corrected chi connectivity index (χ1v) is 8.87. The smallest absolute Gasteiger partial charge is 0.229 e. The number of benzene rings is 2. The van der Waals surface area contributed by atoms with Crippen molar-refractivity contribution in [1.29, 1.82) is 0 Å². The van der Waals surface area contributed by atoms with Gasteiger partial charge in [-0.3, -0.25) is 5.10 Å². The van der Waals surface area contributed by atoms with Crippen molar-refractivity contribution in [1.82, 2.24) is 20.2 Å². The lowest BCUT2D eigenvalue weighted by molar-refractivity contribution is 0.324. The van der Waals surface area contributed by atoms with Crippen LogP contribution in [0.5, 0.6) is 17.2 Å². The number of aromatic nitrogens is 4. The molecular weight excluding hydrogens is 391 g/mol. The van der Waals surface area contributed by atoms with Gasteiger partial charge in [0, 0.05) is 29.4 Å². The van der Waals surface area contributed by atoms with Crippen LogP contribution in [0.15, 0.2) is 36.5 Å². The number of nitrogen functional groups attached to an aromatic ring is 1. The third kappa shape index (κ3) is 3.39. The van der Waals surface area contributed by atoms with Crippen LogP contribution in [-0.2, 0) is 0 Å². The van der Waals surface area contributed by atoms with Gasteiger partial charge < -0.3 is 25.3 Å². The number of nitrogens with two attached hydrogens (primary N) is 1. The number of methoxy groups -OCH3 is 3. The van der Waals surface area contributed by atoms with Crippen molar-refractivity contribution in [2.24, 2.45) is 0 Å². The topological polar surface area (TPSA) is 120 Å². The summed E-state index contributed by atoms with van der Waals surface area (Å²) in [6.07, 6.45) is 1.53. The maximum Gasteiger partial charge on any atom is 0.229 e. The highest BCUT2D eigenvalue weighted by Gasteiger charge is 2.16. The predicted molar refractivity (Wildman–Crippen MR) is 111 cm³/mol. The molecule has 0 spiro atoms. The van der Waals surface area contributed by atoms with Gasteiger partial charge in [0.2, 0.25) is 11.7 Å². The molecule has 0 bridgehead atoms. The number of aromatic amines is 1. The average molecular weight is 410 g/mol. The van der Waals surface area contributed by atoms with E-state index in [9.17, 15) is 4.39 Å². The number of halogens is 1. The van der Waals surface area contributed by atoms with Crippen LogP contribution in [0.25, 0.3) is 22.2 Å². The van der Waals surface area contributed by atoms with E-state index in [0.717, 1.165) is 0 Å². The SMILES string of the molecule is COc1cc(Nc2ncc(-c3n[nH]c4ccc(F)cc34)c(N)n2)cc(OC)c1OC. The number of hydrogen-bond acceptors (Lipinski definition) is 8. The Balaban J connectivity index is 1.68. The molecule has 0 amide bonds. The molecule has 2 heterocycles. The molecule has 4 aromatic rings. The van der Waals surface area contributed by atoms with Crippen molar-refractivity contribution in [2.75, 3.05) is 32.4 Å². The van der Waals surface area contributed by atoms with Gasteiger partial charge in [0.15, 0.2) is 11.5 Å². The van der Waals surface area contributed by atoms with Gasteiger partial charge in [-0.15, -0.1) is 0 Å². The lowest BCUT2D eigenvalue weighted by atomic mass is 10.1. The van der Waals surface area contributed by atoms with Crippen molar-refractivity contribution in [3.05, 3.63) is 42.3 Å². The Morgan fingerprint density at radius 3 is 2.40 bits per heavy atom. The van der Waals surface area contributed by atoms with E-state index >= 15 is 0 Å². The van der Waals surface area contributed by atoms with Crippen LogP contribution in [-0.4, -0.2) is 41.5 Å². The van der Waals surface area contributed by atoms with Crippen molar-refractivity contribution in [3.8, 4) is 28.5 Å². The lowest BCUT2D eigenvalue weighted by Crippen LogP contribution is -2.03. The molecule has 0 aliphatic heterocycles. The summed E-state index contributed by atoms with van der Waals surface area (Å²) in [5, 5.41) is 10.7. The normalized spacial score (nSPS) is 10.8. The molecule has 2 aromatic heterocycles. The largest absolute Gasteiger partial charge is 0.493 e. The Morgan fingerprint density at radius 1 is 1.03 bits per heavy atom. The van der Waals surface area contributed by atoms with E-state index in [1.165, 1.54) is 39.7 Å². The summed E-state index contributed by atoms with van der Waals surface area (Å²) in [7, 11) is 4.59. The summed E-state index contributed by atoms with van der Waals surface area (Å²) in [6, 6.07) is 7.79. The van der Waals surface area contributed by atoms with Crippen LogP contribution < -0.4 is 25.3 Å². The van der Waals surface area contributed by atoms with Crippen LogP contribution in [0.2, 0.25) is 0 Å². The third-order valence-corrected chi connectivity index (χ3v) is 4.52. The highest BCUT2D eigenvalue weighted by atomic mass is 19.1. The van der Waals surface area contributed by atoms with Gasteiger partial charge in [0.1, 0.15) is 17.3 Å². The number of rotatable bonds is 6. The van der Waals surface area contributed by atoms with Crippen molar-refractivity contribution >= 4 is 28.4 Å². The molecular formula is C20H19FN6O3. The fourth-order valence-electron chi connectivity index (χ4n) is 3.11. The molecule has 154 valence electrons. The zero-order valence-electron chi connectivity index (χ0n) is 16.5. The van der Waals surface area contributed by atoms with Gasteiger partial charge >= 0.3 is 0 Å². The Kier molecular flexibility index (Phi) is 4.97. The highest BCUT2D eigenvalue weighted by Crippen LogP contribution is 2.40. The van der Waals surface area contributed by atoms with Crippen molar-refractivity contribution in [2.45, 2.75) is 0 Å². The van der Waals surface area contributed by atoms with E-state index in [4.69, 9.17) is 19.9 Å². The second kappa shape index (κ2) is 7.74. The first kappa shape index (κ1) is 19.2. The zero-order chi connectivity index (χ0) is 21.3. The van der Waals surface area contributed by atoms with Gasteiger partial charge in [0.25, 0.3) is 0 Å². The Labute approximate surface area is 171 Å². The molecule has 0 aliphatic carbocycles. The summed E-state index contributed by atoms with van der Waals surface area (Å²) in [5.74, 6) is 1.52. The fraction of sp³-hybridized carbons (Fsp3) is 0.150. The van der Waals surface area contributed by atoms with Crippen molar-refractivity contribution < 1.29 is 18.6 Å². The molecule has 4 rings (SSSR count). The molecule has 10 heteroatoms. The van der Waals surface area contributed by atoms with Gasteiger partial charge in [-0.2, -0.15) is 10.1 Å². The number of hydrogen-bond donors (Lipinski definition) is 3. The fourth-order valence-corrected chi connectivity index (χ4v) is 3.11. The molecule has 2 aromatic carbocycles. The summed E-state index contributed by atoms with van der Waals surface area (Å²) >= 11 is 0. The number of nitrogens with one attached hydrogen (secondary N) is 2. The second-order valence-corrected chi connectivity index (χ2v) is 6.29. The number of anilines is 3. The third-order valence-electron chi connectivity index (χ3n) is 4.52. The zero-order valence-corrected chi connectivity index (χ0v) is 16.5. The summed E-state index contributed by atoms with van der Waals surface area (Å²) in [6.45, 7) is 0. The molecule has 0 unspecified atom stereocenters. The van der Waals surface area contributed by atoms with E-state index in [-0.39, 0.29) is 17.6 Å². The summed E-state index contributed by atoms with van der Waals surface area (Å²) in [5.41, 5.74) is 8.41. The minimum Gasteiger partial charge on any atom is -0.493 e. The predicted octanol–water partition coefficient (Wildman–Crippen LogP) is 3.51. The molecule has 0 aliphatic rings. The van der Waals surface area contributed by atoms with E-state index < -0.39 is 0 Å². The van der Waals surface area contributed by atoms with Gasteiger partial charge in [0.05, 0.1) is 32.4 Å². The van der Waals surface area contributed by atoms with Crippen LogP contribution in [0, 0.1) is 5.82 Å². The lowest BCUT2D eigenvalue weighted by Gasteiger charge is -2.14. The summed E-state index contributed by atoms with van der Waals surface area (Å²) in [4.78, 5) is 8.61. The molecule has 9 nitrogen and oxygen atoms in total. The number of ether oxygens (including phenoxy) is 3.